The fourth-order valence-electron chi connectivity index (χ4n) is 2.66. The molecule has 1 aliphatic heterocycles. The summed E-state index contributed by atoms with van der Waals surface area (Å²) in [6, 6.07) is 8.68. The lowest BCUT2D eigenvalue weighted by Gasteiger charge is -2.23. The van der Waals surface area contributed by atoms with Crippen molar-refractivity contribution in [3.8, 4) is 12.8 Å². The van der Waals surface area contributed by atoms with Crippen molar-refractivity contribution in [3.05, 3.63) is 30.3 Å². The Morgan fingerprint density at radius 2 is 1.70 bits per heavy atom. The smallest absolute Gasteiger partial charge is 0.322 e. The number of para-hydroxylation sites is 1. The van der Waals surface area contributed by atoms with E-state index in [1.165, 1.54) is 0 Å². The predicted octanol–water partition coefficient (Wildman–Crippen LogP) is 4.72. The Morgan fingerprint density at radius 1 is 1.13 bits per heavy atom. The third-order valence-corrected chi connectivity index (χ3v) is 4.16. The maximum absolute atomic E-state index is 12.1. The molecule has 6 heteroatoms. The second-order valence-corrected chi connectivity index (χ2v) is 6.90. The molecule has 3 amide bonds. The molecule has 1 atom stereocenters. The Morgan fingerprint density at radius 3 is 2.13 bits per heavy atom. The van der Waals surface area contributed by atoms with E-state index < -0.39 is 0 Å². The van der Waals surface area contributed by atoms with E-state index in [0.717, 1.165) is 31.4 Å². The van der Waals surface area contributed by atoms with Gasteiger partial charge in [0.25, 0.3) is 0 Å². The van der Waals surface area contributed by atoms with Crippen molar-refractivity contribution in [3.63, 3.8) is 0 Å². The molecule has 1 fully saturated rings. The molecular weight excluding hydrogens is 378 g/mol. The minimum Gasteiger partial charge on any atom is -0.357 e. The van der Waals surface area contributed by atoms with Crippen molar-refractivity contribution in [2.75, 3.05) is 18.9 Å². The Kier molecular flexibility index (Phi) is 17.9. The molecule has 2 N–H and O–H groups in total. The van der Waals surface area contributed by atoms with E-state index >= 15 is 0 Å². The highest BCUT2D eigenvalue weighted by Gasteiger charge is 2.33. The highest BCUT2D eigenvalue weighted by Crippen LogP contribution is 2.19. The highest BCUT2D eigenvalue weighted by molar-refractivity contribution is 5.94. The molecular formula is C24H39N3O3. The summed E-state index contributed by atoms with van der Waals surface area (Å²) in [5.74, 6) is 0.869. The first-order chi connectivity index (χ1) is 14.3. The SMILES string of the molecule is C#C.CC.CC(=O)CCC(C)C.CNC(=O)[C@@H]1CCCN1C(=O)Nc1ccccc1. The fourth-order valence-corrected chi connectivity index (χ4v) is 2.66. The first-order valence-electron chi connectivity index (χ1n) is 10.5. The fraction of sp³-hybridized carbons (Fsp3) is 0.542. The number of rotatable bonds is 5. The standard InChI is InChI=1S/C13H17N3O2.C7H14O.C2H6.C2H2/c1-14-12(17)11-8-5-9-16(11)13(18)15-10-6-3-2-4-7-10;1-6(2)4-5-7(3)8;2*1-2/h2-4,6-7,11H,5,8-9H2,1H3,(H,14,17)(H,15,18);6H,4-5H2,1-3H3;1-2H3;1-2H/t11-;;;/m0.../s1. The molecule has 1 saturated heterocycles. The van der Waals surface area contributed by atoms with Gasteiger partial charge >= 0.3 is 6.03 Å². The van der Waals surface area contributed by atoms with Crippen molar-refractivity contribution in [1.29, 1.82) is 0 Å². The predicted molar refractivity (Wildman–Crippen MR) is 125 cm³/mol. The summed E-state index contributed by atoms with van der Waals surface area (Å²) in [5, 5.41) is 5.39. The van der Waals surface area contributed by atoms with Crippen LogP contribution in [0, 0.1) is 18.8 Å². The third kappa shape index (κ3) is 12.6. The Balaban J connectivity index is 0. The number of anilines is 1. The number of carbonyl (C=O) groups is 3. The van der Waals surface area contributed by atoms with Gasteiger partial charge in [0.15, 0.2) is 0 Å². The quantitative estimate of drug-likeness (QED) is 0.681. The summed E-state index contributed by atoms with van der Waals surface area (Å²) in [6.07, 6.45) is 11.4. The van der Waals surface area contributed by atoms with Gasteiger partial charge in [-0.2, -0.15) is 0 Å². The second-order valence-electron chi connectivity index (χ2n) is 6.90. The van der Waals surface area contributed by atoms with E-state index in [9.17, 15) is 14.4 Å². The number of ketones is 1. The second kappa shape index (κ2) is 18.2. The summed E-state index contributed by atoms with van der Waals surface area (Å²) in [6.45, 7) is 10.5. The highest BCUT2D eigenvalue weighted by atomic mass is 16.2. The van der Waals surface area contributed by atoms with Crippen molar-refractivity contribution in [1.82, 2.24) is 10.2 Å². The molecule has 0 saturated carbocycles. The summed E-state index contributed by atoms with van der Waals surface area (Å²) < 4.78 is 0. The van der Waals surface area contributed by atoms with E-state index in [1.54, 1.807) is 18.9 Å². The maximum Gasteiger partial charge on any atom is 0.322 e. The summed E-state index contributed by atoms with van der Waals surface area (Å²) in [4.78, 5) is 35.7. The van der Waals surface area contributed by atoms with Crippen LogP contribution in [0.4, 0.5) is 10.5 Å². The van der Waals surface area contributed by atoms with Crippen molar-refractivity contribution >= 4 is 23.4 Å². The van der Waals surface area contributed by atoms with Crippen LogP contribution in [0.15, 0.2) is 30.3 Å². The molecule has 0 aromatic heterocycles. The van der Waals surface area contributed by atoms with Gasteiger partial charge in [0.1, 0.15) is 11.8 Å². The van der Waals surface area contributed by atoms with Gasteiger partial charge in [0.05, 0.1) is 0 Å². The minimum absolute atomic E-state index is 0.101. The van der Waals surface area contributed by atoms with Gasteiger partial charge in [-0.15, -0.1) is 12.8 Å². The number of nitrogens with zero attached hydrogens (tertiary/aromatic N) is 1. The lowest BCUT2D eigenvalue weighted by atomic mass is 10.1. The minimum atomic E-state index is -0.348. The zero-order valence-electron chi connectivity index (χ0n) is 19.4. The number of Topliss-reactive ketones (excluding diaryl/α,β-unsaturated/α-hetero) is 1. The van der Waals surface area contributed by atoms with Crippen molar-refractivity contribution in [2.24, 2.45) is 5.92 Å². The Hall–Kier alpha value is -2.81. The van der Waals surface area contributed by atoms with Crippen LogP contribution in [0.25, 0.3) is 0 Å². The number of likely N-dealkylation sites (N-methyl/N-ethyl adjacent to an activating group) is 1. The average molecular weight is 418 g/mol. The van der Waals surface area contributed by atoms with Crippen LogP contribution in [0.5, 0.6) is 0 Å². The Labute approximate surface area is 182 Å². The number of urea groups is 1. The van der Waals surface area contributed by atoms with Gasteiger partial charge in [-0.05, 0) is 44.2 Å². The van der Waals surface area contributed by atoms with Gasteiger partial charge in [-0.25, -0.2) is 4.79 Å². The zero-order chi connectivity index (χ0) is 23.5. The van der Waals surface area contributed by atoms with E-state index in [0.29, 0.717) is 18.2 Å². The van der Waals surface area contributed by atoms with Gasteiger partial charge in [-0.3, -0.25) is 4.79 Å². The first kappa shape index (κ1) is 29.4. The monoisotopic (exact) mass is 417 g/mol. The zero-order valence-corrected chi connectivity index (χ0v) is 19.4. The van der Waals surface area contributed by atoms with Gasteiger partial charge < -0.3 is 20.3 Å². The number of amides is 3. The van der Waals surface area contributed by atoms with E-state index in [1.807, 2.05) is 44.2 Å². The summed E-state index contributed by atoms with van der Waals surface area (Å²) in [7, 11) is 1.59. The van der Waals surface area contributed by atoms with E-state index in [2.05, 4.69) is 37.3 Å². The van der Waals surface area contributed by atoms with Crippen LogP contribution in [0.2, 0.25) is 0 Å². The number of hydrogen-bond acceptors (Lipinski definition) is 3. The van der Waals surface area contributed by atoms with Gasteiger partial charge in [0.2, 0.25) is 5.91 Å². The number of likely N-dealkylation sites (tertiary alicyclic amines) is 1. The van der Waals surface area contributed by atoms with Crippen LogP contribution in [-0.2, 0) is 9.59 Å². The van der Waals surface area contributed by atoms with E-state index in [-0.39, 0.29) is 18.0 Å². The van der Waals surface area contributed by atoms with Crippen LogP contribution < -0.4 is 10.6 Å². The molecule has 0 unspecified atom stereocenters. The average Bonchev–Trinajstić information content (AvgIpc) is 3.26. The number of benzene rings is 1. The van der Waals surface area contributed by atoms with Crippen LogP contribution in [-0.4, -0.2) is 42.3 Å². The molecule has 0 spiro atoms. The molecule has 30 heavy (non-hydrogen) atoms. The molecule has 1 aromatic rings. The topological polar surface area (TPSA) is 78.5 Å². The lowest BCUT2D eigenvalue weighted by molar-refractivity contribution is -0.124. The molecule has 0 radical (unpaired) electrons. The Bertz CT molecular complexity index is 627. The van der Waals surface area contributed by atoms with Crippen LogP contribution >= 0.6 is 0 Å². The maximum atomic E-state index is 12.1. The molecule has 1 heterocycles. The molecule has 6 nitrogen and oxygen atoms in total. The number of terminal acetylenes is 1. The van der Waals surface area contributed by atoms with E-state index in [4.69, 9.17) is 0 Å². The molecule has 168 valence electrons. The molecule has 0 aliphatic carbocycles. The molecule has 1 aromatic carbocycles. The molecule has 1 aliphatic rings. The number of hydrogen-bond donors (Lipinski definition) is 2. The van der Waals surface area contributed by atoms with Gasteiger partial charge in [-0.1, -0.05) is 45.9 Å². The number of carbonyl (C=O) groups excluding carboxylic acids is 3. The third-order valence-electron chi connectivity index (χ3n) is 4.16. The van der Waals surface area contributed by atoms with Crippen LogP contribution in [0.1, 0.15) is 60.3 Å². The normalized spacial score (nSPS) is 14.0. The molecule has 0 bridgehead atoms. The van der Waals surface area contributed by atoms with Gasteiger partial charge in [0, 0.05) is 25.7 Å². The largest absolute Gasteiger partial charge is 0.357 e. The summed E-state index contributed by atoms with van der Waals surface area (Å²) >= 11 is 0. The first-order valence-corrected chi connectivity index (χ1v) is 10.5. The van der Waals surface area contributed by atoms with Crippen molar-refractivity contribution < 1.29 is 14.4 Å². The lowest BCUT2D eigenvalue weighted by Crippen LogP contribution is -2.46. The number of nitrogens with one attached hydrogen (secondary N) is 2. The van der Waals surface area contributed by atoms with Crippen molar-refractivity contribution in [2.45, 2.75) is 66.3 Å². The molecule has 2 rings (SSSR count). The summed E-state index contributed by atoms with van der Waals surface area (Å²) in [5.41, 5.74) is 0.741. The van der Waals surface area contributed by atoms with Crippen LogP contribution in [0.3, 0.4) is 0 Å².